The highest BCUT2D eigenvalue weighted by atomic mass is 16.2. The molecule has 0 saturated heterocycles. The standard InChI is InChI=1S/C15H19N5O/c1-3-6-17-14-10-18-13(9-19-14)15(21)20(2)11-12-4-7-16-8-5-12/h4-5,7-10H,3,6,11H2,1-2H3,(H,17,19). The molecule has 2 aromatic rings. The third-order valence-corrected chi connectivity index (χ3v) is 2.94. The lowest BCUT2D eigenvalue weighted by Gasteiger charge is -2.16. The Morgan fingerprint density at radius 3 is 2.62 bits per heavy atom. The van der Waals surface area contributed by atoms with Gasteiger partial charge in [0.05, 0.1) is 12.4 Å². The van der Waals surface area contributed by atoms with Crippen molar-refractivity contribution in [1.29, 1.82) is 0 Å². The first kappa shape index (κ1) is 14.9. The van der Waals surface area contributed by atoms with Crippen LogP contribution in [-0.4, -0.2) is 39.4 Å². The van der Waals surface area contributed by atoms with Crippen molar-refractivity contribution in [2.45, 2.75) is 19.9 Å². The Balaban J connectivity index is 1.98. The van der Waals surface area contributed by atoms with Crippen molar-refractivity contribution in [3.63, 3.8) is 0 Å². The van der Waals surface area contributed by atoms with E-state index in [-0.39, 0.29) is 5.91 Å². The lowest BCUT2D eigenvalue weighted by molar-refractivity contribution is 0.0779. The van der Waals surface area contributed by atoms with Crippen LogP contribution in [0.5, 0.6) is 0 Å². The second kappa shape index (κ2) is 7.33. The molecule has 0 aliphatic carbocycles. The number of anilines is 1. The van der Waals surface area contributed by atoms with Crippen molar-refractivity contribution < 1.29 is 4.79 Å². The molecule has 6 heteroatoms. The Bertz CT molecular complexity index is 570. The van der Waals surface area contributed by atoms with Gasteiger partial charge in [-0.2, -0.15) is 0 Å². The largest absolute Gasteiger partial charge is 0.369 e. The molecular formula is C15H19N5O. The molecule has 0 aliphatic rings. The number of nitrogens with zero attached hydrogens (tertiary/aromatic N) is 4. The summed E-state index contributed by atoms with van der Waals surface area (Å²) in [5.41, 5.74) is 1.36. The molecule has 0 radical (unpaired) electrons. The molecule has 110 valence electrons. The predicted octanol–water partition coefficient (Wildman–Crippen LogP) is 1.97. The predicted molar refractivity (Wildman–Crippen MR) is 80.8 cm³/mol. The first-order valence-corrected chi connectivity index (χ1v) is 6.91. The Hall–Kier alpha value is -2.50. The number of amides is 1. The summed E-state index contributed by atoms with van der Waals surface area (Å²) in [6, 6.07) is 3.76. The van der Waals surface area contributed by atoms with Gasteiger partial charge in [-0.3, -0.25) is 9.78 Å². The van der Waals surface area contributed by atoms with Gasteiger partial charge in [0.1, 0.15) is 11.5 Å². The molecular weight excluding hydrogens is 266 g/mol. The summed E-state index contributed by atoms with van der Waals surface area (Å²) < 4.78 is 0. The monoisotopic (exact) mass is 285 g/mol. The van der Waals surface area contributed by atoms with Gasteiger partial charge in [-0.25, -0.2) is 9.97 Å². The van der Waals surface area contributed by atoms with Gasteiger partial charge < -0.3 is 10.2 Å². The lowest BCUT2D eigenvalue weighted by Crippen LogP contribution is -2.27. The van der Waals surface area contributed by atoms with E-state index in [0.29, 0.717) is 18.1 Å². The molecule has 0 spiro atoms. The molecule has 1 amide bonds. The number of hydrogen-bond acceptors (Lipinski definition) is 5. The zero-order valence-electron chi connectivity index (χ0n) is 12.3. The molecule has 0 saturated carbocycles. The maximum absolute atomic E-state index is 12.3. The van der Waals surface area contributed by atoms with Crippen LogP contribution in [0.1, 0.15) is 29.4 Å². The van der Waals surface area contributed by atoms with Gasteiger partial charge in [0.25, 0.3) is 5.91 Å². The summed E-state index contributed by atoms with van der Waals surface area (Å²) in [6.07, 6.45) is 7.52. The van der Waals surface area contributed by atoms with E-state index in [2.05, 4.69) is 27.2 Å². The second-order valence-electron chi connectivity index (χ2n) is 4.73. The molecule has 21 heavy (non-hydrogen) atoms. The second-order valence-corrected chi connectivity index (χ2v) is 4.73. The first-order chi connectivity index (χ1) is 10.2. The molecule has 1 N–H and O–H groups in total. The zero-order chi connectivity index (χ0) is 15.1. The number of hydrogen-bond donors (Lipinski definition) is 1. The van der Waals surface area contributed by atoms with Gasteiger partial charge in [-0.15, -0.1) is 0 Å². The van der Waals surface area contributed by atoms with Crippen LogP contribution >= 0.6 is 0 Å². The molecule has 0 fully saturated rings. The quantitative estimate of drug-likeness (QED) is 0.878. The minimum atomic E-state index is -0.152. The summed E-state index contributed by atoms with van der Waals surface area (Å²) in [5, 5.41) is 3.12. The van der Waals surface area contributed by atoms with E-state index in [9.17, 15) is 4.79 Å². The number of carbonyl (C=O) groups is 1. The van der Waals surface area contributed by atoms with E-state index < -0.39 is 0 Å². The molecule has 0 aromatic carbocycles. The van der Waals surface area contributed by atoms with Crippen molar-refractivity contribution in [3.8, 4) is 0 Å². The summed E-state index contributed by atoms with van der Waals surface area (Å²) in [5.74, 6) is 0.534. The van der Waals surface area contributed by atoms with E-state index in [0.717, 1.165) is 18.5 Å². The number of pyridine rings is 1. The highest BCUT2D eigenvalue weighted by molar-refractivity contribution is 5.91. The summed E-state index contributed by atoms with van der Waals surface area (Å²) in [6.45, 7) is 3.43. The van der Waals surface area contributed by atoms with Crippen molar-refractivity contribution in [1.82, 2.24) is 19.9 Å². The number of rotatable bonds is 6. The van der Waals surface area contributed by atoms with Crippen LogP contribution in [0.15, 0.2) is 36.9 Å². The van der Waals surface area contributed by atoms with E-state index >= 15 is 0 Å². The normalized spacial score (nSPS) is 10.2. The highest BCUT2D eigenvalue weighted by Gasteiger charge is 2.13. The van der Waals surface area contributed by atoms with Crippen LogP contribution in [0.25, 0.3) is 0 Å². The van der Waals surface area contributed by atoms with Gasteiger partial charge in [-0.1, -0.05) is 6.92 Å². The highest BCUT2D eigenvalue weighted by Crippen LogP contribution is 2.07. The molecule has 0 aliphatic heterocycles. The Morgan fingerprint density at radius 1 is 1.24 bits per heavy atom. The Morgan fingerprint density at radius 2 is 2.00 bits per heavy atom. The maximum atomic E-state index is 12.3. The average molecular weight is 285 g/mol. The summed E-state index contributed by atoms with van der Waals surface area (Å²) in [7, 11) is 1.74. The van der Waals surface area contributed by atoms with E-state index in [4.69, 9.17) is 0 Å². The molecule has 6 nitrogen and oxygen atoms in total. The SMILES string of the molecule is CCCNc1cnc(C(=O)N(C)Cc2ccncc2)cn1. The number of carbonyl (C=O) groups excluding carboxylic acids is 1. The smallest absolute Gasteiger partial charge is 0.274 e. The van der Waals surface area contributed by atoms with Crippen molar-refractivity contribution >= 4 is 11.7 Å². The van der Waals surface area contributed by atoms with Gasteiger partial charge in [0.15, 0.2) is 0 Å². The topological polar surface area (TPSA) is 71.0 Å². The minimum Gasteiger partial charge on any atom is -0.369 e. The number of aromatic nitrogens is 3. The fourth-order valence-corrected chi connectivity index (χ4v) is 1.81. The Kier molecular flexibility index (Phi) is 5.20. The van der Waals surface area contributed by atoms with Crippen LogP contribution in [0.3, 0.4) is 0 Å². The average Bonchev–Trinajstić information content (AvgIpc) is 2.53. The van der Waals surface area contributed by atoms with Crippen molar-refractivity contribution in [2.75, 3.05) is 18.9 Å². The van der Waals surface area contributed by atoms with Crippen LogP contribution in [0.2, 0.25) is 0 Å². The third-order valence-electron chi connectivity index (χ3n) is 2.94. The molecule has 2 heterocycles. The van der Waals surface area contributed by atoms with Gasteiger partial charge in [0, 0.05) is 32.5 Å². The zero-order valence-corrected chi connectivity index (χ0v) is 12.3. The fourth-order valence-electron chi connectivity index (χ4n) is 1.81. The van der Waals surface area contributed by atoms with Gasteiger partial charge in [-0.05, 0) is 24.1 Å². The molecule has 2 rings (SSSR count). The molecule has 0 bridgehead atoms. The van der Waals surface area contributed by atoms with E-state index in [1.54, 1.807) is 30.5 Å². The molecule has 2 aromatic heterocycles. The lowest BCUT2D eigenvalue weighted by atomic mass is 10.2. The van der Waals surface area contributed by atoms with Crippen molar-refractivity contribution in [3.05, 3.63) is 48.2 Å². The van der Waals surface area contributed by atoms with Crippen LogP contribution in [-0.2, 0) is 6.54 Å². The van der Waals surface area contributed by atoms with Crippen molar-refractivity contribution in [2.24, 2.45) is 0 Å². The maximum Gasteiger partial charge on any atom is 0.274 e. The van der Waals surface area contributed by atoms with Crippen LogP contribution in [0, 0.1) is 0 Å². The first-order valence-electron chi connectivity index (χ1n) is 6.91. The molecule has 0 unspecified atom stereocenters. The molecule has 0 atom stereocenters. The van der Waals surface area contributed by atoms with Crippen LogP contribution in [0.4, 0.5) is 5.82 Å². The van der Waals surface area contributed by atoms with E-state index in [1.807, 2.05) is 12.1 Å². The fraction of sp³-hybridized carbons (Fsp3) is 0.333. The van der Waals surface area contributed by atoms with Gasteiger partial charge in [0.2, 0.25) is 0 Å². The summed E-state index contributed by atoms with van der Waals surface area (Å²) in [4.78, 5) is 26.2. The summed E-state index contributed by atoms with van der Waals surface area (Å²) >= 11 is 0. The Labute approximate surface area is 124 Å². The third kappa shape index (κ3) is 4.24. The van der Waals surface area contributed by atoms with Gasteiger partial charge >= 0.3 is 0 Å². The van der Waals surface area contributed by atoms with E-state index in [1.165, 1.54) is 6.20 Å². The number of nitrogens with one attached hydrogen (secondary N) is 1. The van der Waals surface area contributed by atoms with Crippen LogP contribution < -0.4 is 5.32 Å². The minimum absolute atomic E-state index is 0.152.